The molecule has 6 aromatic rings. The highest BCUT2D eigenvalue weighted by Gasteiger charge is 2.27. The molecule has 1 aliphatic rings. The number of phenols is 4. The van der Waals surface area contributed by atoms with Crippen LogP contribution >= 0.6 is 0 Å². The summed E-state index contributed by atoms with van der Waals surface area (Å²) in [6.45, 7) is 1.45. The Balaban J connectivity index is 1.62. The molecule has 0 atom stereocenters. The van der Waals surface area contributed by atoms with E-state index >= 15 is 0 Å². The molecule has 0 aliphatic heterocycles. The highest BCUT2D eigenvalue weighted by molar-refractivity contribution is 6.23. The molecule has 200 valence electrons. The highest BCUT2D eigenvalue weighted by Crippen LogP contribution is 2.55. The summed E-state index contributed by atoms with van der Waals surface area (Å²) in [6, 6.07) is 30.7. The number of benzene rings is 6. The van der Waals surface area contributed by atoms with Gasteiger partial charge in [-0.1, -0.05) is 103 Å². The van der Waals surface area contributed by atoms with Crippen molar-refractivity contribution in [2.45, 2.75) is 19.8 Å². The van der Waals surface area contributed by atoms with Gasteiger partial charge in [-0.05, 0) is 74.7 Å². The van der Waals surface area contributed by atoms with Crippen molar-refractivity contribution in [2.75, 3.05) is 0 Å². The van der Waals surface area contributed by atoms with Crippen molar-refractivity contribution in [3.8, 4) is 56.4 Å². The van der Waals surface area contributed by atoms with Gasteiger partial charge in [0.05, 0.1) is 5.56 Å². The van der Waals surface area contributed by atoms with E-state index in [1.165, 1.54) is 29.2 Å². The molecular formula is C37H28O4. The predicted molar refractivity (Wildman–Crippen MR) is 167 cm³/mol. The van der Waals surface area contributed by atoms with Crippen molar-refractivity contribution in [1.29, 1.82) is 0 Å². The third kappa shape index (κ3) is 3.68. The van der Waals surface area contributed by atoms with E-state index in [1.54, 1.807) is 0 Å². The summed E-state index contributed by atoms with van der Waals surface area (Å²) in [5.41, 5.74) is 7.69. The van der Waals surface area contributed by atoms with Gasteiger partial charge in [0.2, 0.25) is 0 Å². The van der Waals surface area contributed by atoms with Crippen molar-refractivity contribution in [2.24, 2.45) is 0 Å². The minimum atomic E-state index is -0.462. The summed E-state index contributed by atoms with van der Waals surface area (Å²) in [5.74, 6) is -1.83. The lowest BCUT2D eigenvalue weighted by atomic mass is 9.80. The molecule has 41 heavy (non-hydrogen) atoms. The molecule has 1 aliphatic carbocycles. The van der Waals surface area contributed by atoms with Crippen LogP contribution in [0.5, 0.6) is 23.0 Å². The van der Waals surface area contributed by atoms with E-state index < -0.39 is 23.0 Å². The molecule has 0 heterocycles. The smallest absolute Gasteiger partial charge is 0.169 e. The Bertz CT molecular complexity index is 1950. The Hall–Kier alpha value is -5.22. The average Bonchev–Trinajstić information content (AvgIpc) is 3.02. The fourth-order valence-electron chi connectivity index (χ4n) is 6.40. The number of fused-ring (bicyclic) bond motifs is 3. The van der Waals surface area contributed by atoms with Crippen LogP contribution in [-0.4, -0.2) is 20.4 Å². The van der Waals surface area contributed by atoms with Crippen LogP contribution in [0.4, 0.5) is 0 Å². The Morgan fingerprint density at radius 3 is 1.61 bits per heavy atom. The summed E-state index contributed by atoms with van der Waals surface area (Å²) < 4.78 is 0. The van der Waals surface area contributed by atoms with E-state index in [1.807, 2.05) is 42.5 Å². The van der Waals surface area contributed by atoms with Gasteiger partial charge >= 0.3 is 0 Å². The van der Waals surface area contributed by atoms with Gasteiger partial charge in [-0.2, -0.15) is 0 Å². The van der Waals surface area contributed by atoms with Gasteiger partial charge in [-0.25, -0.2) is 0 Å². The van der Waals surface area contributed by atoms with Gasteiger partial charge in [-0.3, -0.25) is 0 Å². The van der Waals surface area contributed by atoms with Crippen LogP contribution in [0, 0.1) is 6.92 Å². The molecule has 4 heteroatoms. The predicted octanol–water partition coefficient (Wildman–Crippen LogP) is 9.08. The number of hydrogen-bond donors (Lipinski definition) is 4. The lowest BCUT2D eigenvalue weighted by Gasteiger charge is -2.24. The maximum absolute atomic E-state index is 11.1. The minimum Gasteiger partial charge on any atom is -0.504 e. The molecule has 0 saturated heterocycles. The second-order valence-corrected chi connectivity index (χ2v) is 10.6. The standard InChI is InChI=1S/C37H28O4/c1-21-34(38)36(40)33(37(41)35(21)39)32-28-17-9-7-15-26(28)31(27-16-8-10-18-29(27)32)30-20-19-23(22-11-3-2-4-12-22)24-13-5-6-14-25(24)30/h2-5,7-13,15-20,38-41H,6,14H2,1H3. The van der Waals surface area contributed by atoms with Crippen LogP contribution in [0.1, 0.15) is 23.1 Å². The molecule has 4 N–H and O–H groups in total. The zero-order chi connectivity index (χ0) is 28.2. The van der Waals surface area contributed by atoms with E-state index in [2.05, 4.69) is 60.7 Å². The monoisotopic (exact) mass is 536 g/mol. The van der Waals surface area contributed by atoms with Crippen LogP contribution in [0.15, 0.2) is 97.1 Å². The van der Waals surface area contributed by atoms with Gasteiger partial charge in [-0.15, -0.1) is 0 Å². The Labute approximate surface area is 237 Å². The number of allylic oxidation sites excluding steroid dienone is 1. The molecule has 0 spiro atoms. The van der Waals surface area contributed by atoms with Gasteiger partial charge in [0.1, 0.15) is 0 Å². The van der Waals surface area contributed by atoms with Crippen molar-refractivity contribution in [3.05, 3.63) is 114 Å². The molecule has 0 amide bonds. The second-order valence-electron chi connectivity index (χ2n) is 10.6. The number of phenolic OH excluding ortho intramolecular Hbond substituents is 4. The highest BCUT2D eigenvalue weighted by atomic mass is 16.3. The lowest BCUT2D eigenvalue weighted by molar-refractivity contribution is 0.371. The maximum Gasteiger partial charge on any atom is 0.169 e. The van der Waals surface area contributed by atoms with Gasteiger partial charge in [0.25, 0.3) is 0 Å². The minimum absolute atomic E-state index is 0.00828. The molecule has 7 rings (SSSR count). The van der Waals surface area contributed by atoms with Crippen LogP contribution < -0.4 is 0 Å². The van der Waals surface area contributed by atoms with Gasteiger partial charge < -0.3 is 20.4 Å². The van der Waals surface area contributed by atoms with E-state index in [9.17, 15) is 20.4 Å². The molecule has 0 saturated carbocycles. The molecule has 0 unspecified atom stereocenters. The Morgan fingerprint density at radius 2 is 1.02 bits per heavy atom. The quantitative estimate of drug-likeness (QED) is 0.103. The summed E-state index contributed by atoms with van der Waals surface area (Å²) in [6.07, 6.45) is 6.33. The number of aromatic hydroxyl groups is 4. The zero-order valence-corrected chi connectivity index (χ0v) is 22.5. The summed E-state index contributed by atoms with van der Waals surface area (Å²) in [5, 5.41) is 47.0. The zero-order valence-electron chi connectivity index (χ0n) is 22.5. The van der Waals surface area contributed by atoms with Crippen LogP contribution in [0.3, 0.4) is 0 Å². The Morgan fingerprint density at radius 1 is 0.512 bits per heavy atom. The fraction of sp³-hybridized carbons (Fsp3) is 0.0811. The normalized spacial score (nSPS) is 12.6. The third-order valence-electron chi connectivity index (χ3n) is 8.37. The number of rotatable bonds is 3. The van der Waals surface area contributed by atoms with Crippen molar-refractivity contribution in [3.63, 3.8) is 0 Å². The van der Waals surface area contributed by atoms with Gasteiger partial charge in [0.15, 0.2) is 23.0 Å². The van der Waals surface area contributed by atoms with Crippen molar-refractivity contribution >= 4 is 27.6 Å². The summed E-state index contributed by atoms with van der Waals surface area (Å²) >= 11 is 0. The molecular weight excluding hydrogens is 508 g/mol. The molecule has 0 aromatic heterocycles. The van der Waals surface area contributed by atoms with Crippen molar-refractivity contribution < 1.29 is 20.4 Å². The summed E-state index contributed by atoms with van der Waals surface area (Å²) in [4.78, 5) is 0. The van der Waals surface area contributed by atoms with Gasteiger partial charge in [0, 0.05) is 11.1 Å². The first-order valence-electron chi connectivity index (χ1n) is 13.8. The Kier molecular flexibility index (Phi) is 5.72. The average molecular weight is 537 g/mol. The van der Waals surface area contributed by atoms with E-state index in [4.69, 9.17) is 0 Å². The maximum atomic E-state index is 11.1. The first-order chi connectivity index (χ1) is 20.0. The molecule has 4 nitrogen and oxygen atoms in total. The second kappa shape index (κ2) is 9.46. The van der Waals surface area contributed by atoms with Crippen molar-refractivity contribution in [1.82, 2.24) is 0 Å². The molecule has 0 radical (unpaired) electrons. The fourth-order valence-corrected chi connectivity index (χ4v) is 6.40. The summed E-state index contributed by atoms with van der Waals surface area (Å²) in [7, 11) is 0. The largest absolute Gasteiger partial charge is 0.504 e. The van der Waals surface area contributed by atoms with Crippen LogP contribution in [0.2, 0.25) is 0 Å². The van der Waals surface area contributed by atoms with E-state index in [-0.39, 0.29) is 11.1 Å². The van der Waals surface area contributed by atoms with E-state index in [0.717, 1.165) is 45.5 Å². The topological polar surface area (TPSA) is 80.9 Å². The lowest BCUT2D eigenvalue weighted by Crippen LogP contribution is -2.01. The first kappa shape index (κ1) is 24.8. The van der Waals surface area contributed by atoms with E-state index in [0.29, 0.717) is 5.56 Å². The first-order valence-corrected chi connectivity index (χ1v) is 13.8. The SMILES string of the molecule is Cc1c(O)c(O)c(-c2c3ccccc3c(-c3ccc(-c4ccccc4)c4c3CCC=C4)c3ccccc23)c(O)c1O. The number of hydrogen-bond acceptors (Lipinski definition) is 4. The van der Waals surface area contributed by atoms with Crippen LogP contribution in [0.25, 0.3) is 61.0 Å². The third-order valence-corrected chi connectivity index (χ3v) is 8.37. The molecule has 0 fully saturated rings. The van der Waals surface area contributed by atoms with Crippen LogP contribution in [-0.2, 0) is 6.42 Å². The molecule has 0 bridgehead atoms. The molecule has 6 aromatic carbocycles.